The van der Waals surface area contributed by atoms with Crippen LogP contribution in [0.2, 0.25) is 0 Å². The summed E-state index contributed by atoms with van der Waals surface area (Å²) in [5.74, 6) is -0.0869. The van der Waals surface area contributed by atoms with E-state index in [-0.39, 0.29) is 12.0 Å². The topological polar surface area (TPSA) is 85.3 Å². The molecule has 2 aromatic heterocycles. The summed E-state index contributed by atoms with van der Waals surface area (Å²) in [7, 11) is 0. The molecule has 2 heterocycles. The molecule has 0 spiro atoms. The summed E-state index contributed by atoms with van der Waals surface area (Å²) < 4.78 is 7.59. The second kappa shape index (κ2) is 9.26. The normalized spacial score (nSPS) is 10.7. The van der Waals surface area contributed by atoms with Crippen LogP contribution in [0.25, 0.3) is 0 Å². The maximum absolute atomic E-state index is 12.6. The number of hydrazine groups is 1. The number of nitrogens with zero attached hydrogens (tertiary/aromatic N) is 2. The van der Waals surface area contributed by atoms with E-state index in [0.29, 0.717) is 23.4 Å². The highest BCUT2D eigenvalue weighted by atomic mass is 16.5. The van der Waals surface area contributed by atoms with Gasteiger partial charge in [-0.25, -0.2) is 0 Å². The maximum atomic E-state index is 12.6. The van der Waals surface area contributed by atoms with Crippen LogP contribution in [-0.2, 0) is 6.54 Å². The van der Waals surface area contributed by atoms with Crippen LogP contribution in [-0.4, -0.2) is 27.5 Å². The minimum Gasteiger partial charge on any atom is -0.491 e. The number of carbonyl (C=O) groups excluding carboxylic acids is 2. The molecular formula is C23H26N4O3. The zero-order chi connectivity index (χ0) is 21.7. The molecule has 0 atom stereocenters. The van der Waals surface area contributed by atoms with E-state index >= 15 is 0 Å². The van der Waals surface area contributed by atoms with Crippen LogP contribution < -0.4 is 15.6 Å². The van der Waals surface area contributed by atoms with Crippen LogP contribution in [0.15, 0.2) is 54.7 Å². The second-order valence-electron chi connectivity index (χ2n) is 7.29. The second-order valence-corrected chi connectivity index (χ2v) is 7.29. The number of hydrogen-bond donors (Lipinski definition) is 2. The zero-order valence-electron chi connectivity index (χ0n) is 17.6. The molecule has 7 nitrogen and oxygen atoms in total. The molecule has 7 heteroatoms. The third-order valence-corrected chi connectivity index (χ3v) is 4.64. The summed E-state index contributed by atoms with van der Waals surface area (Å²) in [5, 5.41) is 0. The Morgan fingerprint density at radius 1 is 1.03 bits per heavy atom. The minimum absolute atomic E-state index is 0.0561. The van der Waals surface area contributed by atoms with Crippen LogP contribution in [0.3, 0.4) is 0 Å². The van der Waals surface area contributed by atoms with E-state index in [1.54, 1.807) is 36.5 Å². The van der Waals surface area contributed by atoms with Gasteiger partial charge in [0.25, 0.3) is 11.8 Å². The Bertz CT molecular complexity index is 1020. The number of ether oxygens (including phenoxy) is 1. The highest BCUT2D eigenvalue weighted by molar-refractivity contribution is 5.99. The molecule has 0 aliphatic rings. The molecule has 2 N–H and O–H groups in total. The van der Waals surface area contributed by atoms with E-state index in [1.165, 1.54) is 0 Å². The molecule has 2 amide bonds. The average molecular weight is 406 g/mol. The first-order valence-electron chi connectivity index (χ1n) is 9.79. The van der Waals surface area contributed by atoms with Gasteiger partial charge in [0.15, 0.2) is 0 Å². The van der Waals surface area contributed by atoms with Crippen LogP contribution in [0, 0.1) is 13.8 Å². The molecule has 30 heavy (non-hydrogen) atoms. The third kappa shape index (κ3) is 5.05. The van der Waals surface area contributed by atoms with E-state index in [9.17, 15) is 9.59 Å². The van der Waals surface area contributed by atoms with Gasteiger partial charge in [0.1, 0.15) is 5.75 Å². The van der Waals surface area contributed by atoms with Crippen molar-refractivity contribution in [1.82, 2.24) is 20.4 Å². The number of benzene rings is 1. The van der Waals surface area contributed by atoms with Crippen LogP contribution in [0.5, 0.6) is 5.75 Å². The summed E-state index contributed by atoms with van der Waals surface area (Å²) in [6.07, 6.45) is 1.80. The summed E-state index contributed by atoms with van der Waals surface area (Å²) in [4.78, 5) is 29.3. The molecule has 0 radical (unpaired) electrons. The minimum atomic E-state index is -0.401. The molecule has 0 saturated carbocycles. The van der Waals surface area contributed by atoms with E-state index in [4.69, 9.17) is 4.74 Å². The third-order valence-electron chi connectivity index (χ3n) is 4.64. The van der Waals surface area contributed by atoms with Crippen molar-refractivity contribution in [3.8, 4) is 5.75 Å². The quantitative estimate of drug-likeness (QED) is 0.615. The van der Waals surface area contributed by atoms with Crippen molar-refractivity contribution in [1.29, 1.82) is 0 Å². The fourth-order valence-corrected chi connectivity index (χ4v) is 3.14. The lowest BCUT2D eigenvalue weighted by Gasteiger charge is -2.11. The van der Waals surface area contributed by atoms with Gasteiger partial charge in [-0.1, -0.05) is 6.07 Å². The number of amides is 2. The predicted octanol–water partition coefficient (Wildman–Crippen LogP) is 3.41. The monoisotopic (exact) mass is 406 g/mol. The van der Waals surface area contributed by atoms with Gasteiger partial charge < -0.3 is 9.30 Å². The van der Waals surface area contributed by atoms with Crippen LogP contribution in [0.4, 0.5) is 0 Å². The Morgan fingerprint density at radius 3 is 2.37 bits per heavy atom. The first kappa shape index (κ1) is 21.1. The van der Waals surface area contributed by atoms with E-state index in [2.05, 4.69) is 15.8 Å². The predicted molar refractivity (Wildman–Crippen MR) is 114 cm³/mol. The van der Waals surface area contributed by atoms with Gasteiger partial charge in [-0.3, -0.25) is 25.4 Å². The molecule has 156 valence electrons. The highest BCUT2D eigenvalue weighted by Gasteiger charge is 2.17. The first-order valence-corrected chi connectivity index (χ1v) is 9.79. The smallest absolute Gasteiger partial charge is 0.271 e. The molecule has 0 aliphatic carbocycles. The summed E-state index contributed by atoms with van der Waals surface area (Å²) >= 11 is 0. The first-order chi connectivity index (χ1) is 14.3. The molecule has 0 unspecified atom stereocenters. The van der Waals surface area contributed by atoms with Crippen LogP contribution >= 0.6 is 0 Å². The summed E-state index contributed by atoms with van der Waals surface area (Å²) in [6, 6.07) is 14.3. The number of rotatable bonds is 6. The number of pyridine rings is 1. The molecule has 0 saturated heterocycles. The standard InChI is InChI=1S/C23H26N4O3/c1-15(2)30-20-10-8-18(9-11-20)22(28)25-26-23(29)21-13-16(3)27(17(21)4)14-19-7-5-6-12-24-19/h5-13,15H,14H2,1-4H3,(H,25,28)(H,26,29). The number of carbonyl (C=O) groups is 2. The average Bonchev–Trinajstić information content (AvgIpc) is 3.01. The van der Waals surface area contributed by atoms with Crippen molar-refractivity contribution in [3.63, 3.8) is 0 Å². The van der Waals surface area contributed by atoms with Crippen LogP contribution in [0.1, 0.15) is 51.6 Å². The molecule has 3 rings (SSSR count). The maximum Gasteiger partial charge on any atom is 0.271 e. The van der Waals surface area contributed by atoms with Crippen molar-refractivity contribution in [3.05, 3.63) is 82.9 Å². The number of nitrogens with one attached hydrogen (secondary N) is 2. The van der Waals surface area contributed by atoms with Gasteiger partial charge >= 0.3 is 0 Å². The molecule has 0 bridgehead atoms. The number of aromatic nitrogens is 2. The fraction of sp³-hybridized carbons (Fsp3) is 0.261. The Morgan fingerprint density at radius 2 is 1.73 bits per heavy atom. The molecular weight excluding hydrogens is 380 g/mol. The Hall–Kier alpha value is -3.61. The molecule has 0 fully saturated rings. The molecule has 1 aromatic carbocycles. The van der Waals surface area contributed by atoms with Gasteiger partial charge in [-0.05, 0) is 70.2 Å². The zero-order valence-corrected chi connectivity index (χ0v) is 17.6. The van der Waals surface area contributed by atoms with E-state index in [0.717, 1.165) is 17.1 Å². The van der Waals surface area contributed by atoms with Gasteiger partial charge in [0.2, 0.25) is 0 Å². The van der Waals surface area contributed by atoms with E-state index < -0.39 is 5.91 Å². The van der Waals surface area contributed by atoms with Crippen molar-refractivity contribution in [2.45, 2.75) is 40.3 Å². The van der Waals surface area contributed by atoms with Gasteiger partial charge in [-0.2, -0.15) is 0 Å². The van der Waals surface area contributed by atoms with Gasteiger partial charge in [-0.15, -0.1) is 0 Å². The lowest BCUT2D eigenvalue weighted by atomic mass is 10.2. The van der Waals surface area contributed by atoms with Crippen molar-refractivity contribution in [2.24, 2.45) is 0 Å². The molecule has 3 aromatic rings. The summed E-state index contributed by atoms with van der Waals surface area (Å²) in [6.45, 7) is 8.25. The molecule has 0 aliphatic heterocycles. The largest absolute Gasteiger partial charge is 0.491 e. The van der Waals surface area contributed by atoms with Crippen molar-refractivity contribution >= 4 is 11.8 Å². The van der Waals surface area contributed by atoms with Crippen molar-refractivity contribution in [2.75, 3.05) is 0 Å². The Kier molecular flexibility index (Phi) is 6.51. The Labute approximate surface area is 176 Å². The number of aryl methyl sites for hydroxylation is 1. The SMILES string of the molecule is Cc1cc(C(=O)NNC(=O)c2ccc(OC(C)C)cc2)c(C)n1Cc1ccccn1. The van der Waals surface area contributed by atoms with Gasteiger partial charge in [0.05, 0.1) is 23.9 Å². The van der Waals surface area contributed by atoms with Gasteiger partial charge in [0, 0.05) is 23.1 Å². The summed E-state index contributed by atoms with van der Waals surface area (Å²) in [5.41, 5.74) is 8.53. The Balaban J connectivity index is 1.63. The lowest BCUT2D eigenvalue weighted by molar-refractivity contribution is 0.0846. The highest BCUT2D eigenvalue weighted by Crippen LogP contribution is 2.17. The van der Waals surface area contributed by atoms with Crippen molar-refractivity contribution < 1.29 is 14.3 Å². The number of hydrogen-bond acceptors (Lipinski definition) is 4. The van der Waals surface area contributed by atoms with E-state index in [1.807, 2.05) is 50.5 Å². The lowest BCUT2D eigenvalue weighted by Crippen LogP contribution is -2.41. The fourth-order valence-electron chi connectivity index (χ4n) is 3.14.